The molecule has 0 aliphatic heterocycles. The molecular weight excluding hydrogens is 272 g/mol. The average Bonchev–Trinajstić information content (AvgIpc) is 3.05. The monoisotopic (exact) mass is 288 g/mol. The highest BCUT2D eigenvalue weighted by molar-refractivity contribution is 5.95. The van der Waals surface area contributed by atoms with Crippen LogP contribution in [0.25, 0.3) is 5.69 Å². The molecule has 0 spiro atoms. The molecule has 0 saturated carbocycles. The van der Waals surface area contributed by atoms with Gasteiger partial charge in [-0.05, 0) is 37.1 Å². The Kier molecular flexibility index (Phi) is 5.16. The molecule has 1 aromatic heterocycles. The lowest BCUT2D eigenvalue weighted by Gasteiger charge is -2.12. The highest BCUT2D eigenvalue weighted by Crippen LogP contribution is 2.09. The number of amides is 1. The van der Waals surface area contributed by atoms with Crippen molar-refractivity contribution >= 4 is 12.2 Å². The second kappa shape index (κ2) is 7.30. The third kappa shape index (κ3) is 3.96. The number of aldehydes is 1. The maximum absolute atomic E-state index is 12.0. The van der Waals surface area contributed by atoms with Gasteiger partial charge in [0, 0.05) is 17.9 Å². The van der Waals surface area contributed by atoms with Crippen LogP contribution in [0.1, 0.15) is 23.2 Å². The third-order valence-corrected chi connectivity index (χ3v) is 3.00. The van der Waals surface area contributed by atoms with Crippen LogP contribution in [-0.2, 0) is 4.79 Å². The molecule has 21 heavy (non-hydrogen) atoms. The van der Waals surface area contributed by atoms with Gasteiger partial charge in [0.25, 0.3) is 5.91 Å². The number of nitrogens with zero attached hydrogens (tertiary/aromatic N) is 3. The van der Waals surface area contributed by atoms with Gasteiger partial charge >= 0.3 is 0 Å². The Morgan fingerprint density at radius 1 is 1.29 bits per heavy atom. The zero-order chi connectivity index (χ0) is 15.1. The highest BCUT2D eigenvalue weighted by atomic mass is 16.3. The highest BCUT2D eigenvalue weighted by Gasteiger charge is 2.12. The molecule has 0 saturated heterocycles. The number of aliphatic hydroxyl groups is 1. The average molecular weight is 288 g/mol. The number of rotatable bonds is 7. The van der Waals surface area contributed by atoms with Gasteiger partial charge in [0.15, 0.2) is 0 Å². The predicted molar refractivity (Wildman–Crippen MR) is 75.0 cm³/mol. The quantitative estimate of drug-likeness (QED) is 0.716. The van der Waals surface area contributed by atoms with E-state index in [2.05, 4.69) is 15.5 Å². The van der Waals surface area contributed by atoms with Crippen molar-refractivity contribution in [3.63, 3.8) is 0 Å². The van der Waals surface area contributed by atoms with Crippen LogP contribution < -0.4 is 5.32 Å². The Morgan fingerprint density at radius 3 is 2.52 bits per heavy atom. The van der Waals surface area contributed by atoms with Gasteiger partial charge < -0.3 is 15.2 Å². The standard InChI is InChI=1S/C14H16N4O3/c19-7-1-2-12(8-20)17-14(21)11-3-5-13(6-4-11)18-9-15-16-10-18/h3-6,8-10,12,19H,1-2,7H2,(H,17,21). The molecule has 7 nitrogen and oxygen atoms in total. The van der Waals surface area contributed by atoms with E-state index >= 15 is 0 Å². The first-order valence-electron chi connectivity index (χ1n) is 6.56. The molecule has 110 valence electrons. The molecule has 2 N–H and O–H groups in total. The fourth-order valence-electron chi connectivity index (χ4n) is 1.86. The molecule has 2 aromatic rings. The Bertz CT molecular complexity index is 581. The van der Waals surface area contributed by atoms with Gasteiger partial charge in [0.05, 0.1) is 6.04 Å². The molecule has 1 amide bonds. The number of hydrogen-bond acceptors (Lipinski definition) is 5. The first-order valence-corrected chi connectivity index (χ1v) is 6.56. The van der Waals surface area contributed by atoms with Crippen LogP contribution in [0.2, 0.25) is 0 Å². The summed E-state index contributed by atoms with van der Waals surface area (Å²) in [7, 11) is 0. The van der Waals surface area contributed by atoms with Crippen LogP contribution in [-0.4, -0.2) is 44.7 Å². The van der Waals surface area contributed by atoms with Gasteiger partial charge in [-0.1, -0.05) is 0 Å². The zero-order valence-electron chi connectivity index (χ0n) is 11.3. The molecule has 0 aliphatic carbocycles. The molecular formula is C14H16N4O3. The van der Waals surface area contributed by atoms with Gasteiger partial charge in [0.1, 0.15) is 18.9 Å². The van der Waals surface area contributed by atoms with E-state index in [4.69, 9.17) is 5.11 Å². The summed E-state index contributed by atoms with van der Waals surface area (Å²) in [5.41, 5.74) is 1.30. The van der Waals surface area contributed by atoms with E-state index in [-0.39, 0.29) is 12.5 Å². The molecule has 1 heterocycles. The summed E-state index contributed by atoms with van der Waals surface area (Å²) in [4.78, 5) is 22.9. The molecule has 7 heteroatoms. The van der Waals surface area contributed by atoms with Gasteiger partial charge in [-0.25, -0.2) is 0 Å². The lowest BCUT2D eigenvalue weighted by molar-refractivity contribution is -0.109. The number of aliphatic hydroxyl groups excluding tert-OH is 1. The summed E-state index contributed by atoms with van der Waals surface area (Å²) in [6, 6.07) is 6.28. The van der Waals surface area contributed by atoms with Gasteiger partial charge in [-0.2, -0.15) is 0 Å². The minimum Gasteiger partial charge on any atom is -0.396 e. The summed E-state index contributed by atoms with van der Waals surface area (Å²) >= 11 is 0. The molecule has 0 aliphatic rings. The van der Waals surface area contributed by atoms with E-state index in [0.29, 0.717) is 24.7 Å². The van der Waals surface area contributed by atoms with E-state index in [1.54, 1.807) is 41.5 Å². The van der Waals surface area contributed by atoms with Crippen molar-refractivity contribution < 1.29 is 14.7 Å². The normalized spacial score (nSPS) is 11.9. The number of carbonyl (C=O) groups excluding carboxylic acids is 2. The summed E-state index contributed by atoms with van der Waals surface area (Å²) in [6.45, 7) is -0.00610. The molecule has 1 unspecified atom stereocenters. The maximum atomic E-state index is 12.0. The fourth-order valence-corrected chi connectivity index (χ4v) is 1.86. The Labute approximate surface area is 121 Å². The van der Waals surface area contributed by atoms with Crippen molar-refractivity contribution in [2.24, 2.45) is 0 Å². The minimum atomic E-state index is -0.581. The number of carbonyl (C=O) groups is 2. The third-order valence-electron chi connectivity index (χ3n) is 3.00. The van der Waals surface area contributed by atoms with Crippen molar-refractivity contribution in [3.05, 3.63) is 42.5 Å². The van der Waals surface area contributed by atoms with Crippen LogP contribution in [0.5, 0.6) is 0 Å². The van der Waals surface area contributed by atoms with Crippen LogP contribution in [0.3, 0.4) is 0 Å². The number of hydrogen-bond donors (Lipinski definition) is 2. The van der Waals surface area contributed by atoms with Crippen LogP contribution >= 0.6 is 0 Å². The first kappa shape index (κ1) is 14.9. The lowest BCUT2D eigenvalue weighted by Crippen LogP contribution is -2.36. The number of nitrogens with one attached hydrogen (secondary N) is 1. The molecule has 1 aromatic carbocycles. The summed E-state index contributed by atoms with van der Waals surface area (Å²) in [5, 5.41) is 18.8. The van der Waals surface area contributed by atoms with E-state index in [1.165, 1.54) is 0 Å². The van der Waals surface area contributed by atoms with Crippen molar-refractivity contribution in [2.45, 2.75) is 18.9 Å². The Morgan fingerprint density at radius 2 is 1.95 bits per heavy atom. The molecule has 1 atom stereocenters. The fraction of sp³-hybridized carbons (Fsp3) is 0.286. The first-order chi connectivity index (χ1) is 10.2. The maximum Gasteiger partial charge on any atom is 0.251 e. The molecule has 2 rings (SSSR count). The van der Waals surface area contributed by atoms with Crippen LogP contribution in [0, 0.1) is 0 Å². The SMILES string of the molecule is O=CC(CCCO)NC(=O)c1ccc(-n2cnnc2)cc1. The number of aromatic nitrogens is 3. The summed E-state index contributed by atoms with van der Waals surface area (Å²) < 4.78 is 1.72. The largest absolute Gasteiger partial charge is 0.396 e. The zero-order valence-corrected chi connectivity index (χ0v) is 11.3. The topological polar surface area (TPSA) is 97.1 Å². The molecule has 0 bridgehead atoms. The van der Waals surface area contributed by atoms with E-state index in [0.717, 1.165) is 5.69 Å². The van der Waals surface area contributed by atoms with Gasteiger partial charge in [-0.15, -0.1) is 10.2 Å². The lowest BCUT2D eigenvalue weighted by atomic mass is 10.1. The predicted octanol–water partition coefficient (Wildman–Crippen LogP) is 0.337. The van der Waals surface area contributed by atoms with Gasteiger partial charge in [-0.3, -0.25) is 9.36 Å². The van der Waals surface area contributed by atoms with Crippen molar-refractivity contribution in [1.82, 2.24) is 20.1 Å². The summed E-state index contributed by atoms with van der Waals surface area (Å²) in [5.74, 6) is -0.319. The molecule has 0 fully saturated rings. The second-order valence-corrected chi connectivity index (χ2v) is 4.50. The Hall–Kier alpha value is -2.54. The molecule has 0 radical (unpaired) electrons. The minimum absolute atomic E-state index is 0.00610. The summed E-state index contributed by atoms with van der Waals surface area (Å²) in [6.07, 6.45) is 4.69. The van der Waals surface area contributed by atoms with Crippen molar-refractivity contribution in [2.75, 3.05) is 6.61 Å². The van der Waals surface area contributed by atoms with E-state index in [1.807, 2.05) is 0 Å². The van der Waals surface area contributed by atoms with Gasteiger partial charge in [0.2, 0.25) is 0 Å². The van der Waals surface area contributed by atoms with Crippen molar-refractivity contribution in [1.29, 1.82) is 0 Å². The van der Waals surface area contributed by atoms with E-state index in [9.17, 15) is 9.59 Å². The van der Waals surface area contributed by atoms with E-state index < -0.39 is 6.04 Å². The smallest absolute Gasteiger partial charge is 0.251 e. The number of benzene rings is 1. The second-order valence-electron chi connectivity index (χ2n) is 4.50. The van der Waals surface area contributed by atoms with Crippen LogP contribution in [0.4, 0.5) is 0 Å². The van der Waals surface area contributed by atoms with Crippen molar-refractivity contribution in [3.8, 4) is 5.69 Å². The van der Waals surface area contributed by atoms with Crippen LogP contribution in [0.15, 0.2) is 36.9 Å². The Balaban J connectivity index is 2.01.